The third kappa shape index (κ3) is 4.80. The van der Waals surface area contributed by atoms with Crippen LogP contribution in [0.3, 0.4) is 0 Å². The van der Waals surface area contributed by atoms with Gasteiger partial charge in [-0.25, -0.2) is 9.59 Å². The lowest BCUT2D eigenvalue weighted by Crippen LogP contribution is -2.57. The molecular formula is C12H22N2O3S2. The monoisotopic (exact) mass is 306 g/mol. The Kier molecular flexibility index (Phi) is 6.85. The molecule has 1 atom stereocenters. The van der Waals surface area contributed by atoms with E-state index in [1.807, 2.05) is 23.5 Å². The van der Waals surface area contributed by atoms with Gasteiger partial charge in [0.25, 0.3) is 0 Å². The molecule has 2 amide bonds. The lowest BCUT2D eigenvalue weighted by molar-refractivity contribution is -0.144. The highest BCUT2D eigenvalue weighted by atomic mass is 32.2. The first-order valence-electron chi connectivity index (χ1n) is 6.52. The zero-order valence-corrected chi connectivity index (χ0v) is 13.0. The van der Waals surface area contributed by atoms with E-state index in [1.54, 1.807) is 13.8 Å². The van der Waals surface area contributed by atoms with Crippen molar-refractivity contribution in [2.75, 3.05) is 23.8 Å². The predicted molar refractivity (Wildman–Crippen MR) is 81.1 cm³/mol. The summed E-state index contributed by atoms with van der Waals surface area (Å²) in [5, 5.41) is 15.0. The summed E-state index contributed by atoms with van der Waals surface area (Å²) in [7, 11) is 0. The number of nitrogens with one attached hydrogen (secondary N) is 2. The summed E-state index contributed by atoms with van der Waals surface area (Å²) in [6.07, 6.45) is 0.751. The highest BCUT2D eigenvalue weighted by Crippen LogP contribution is 2.23. The quantitative estimate of drug-likeness (QED) is 0.697. The molecule has 3 N–H and O–H groups in total. The van der Waals surface area contributed by atoms with Crippen LogP contribution in [0.5, 0.6) is 0 Å². The van der Waals surface area contributed by atoms with E-state index in [2.05, 4.69) is 10.6 Å². The van der Waals surface area contributed by atoms with Gasteiger partial charge in [-0.1, -0.05) is 13.8 Å². The lowest BCUT2D eigenvalue weighted by Gasteiger charge is -2.29. The van der Waals surface area contributed by atoms with E-state index in [0.29, 0.717) is 24.6 Å². The van der Waals surface area contributed by atoms with Crippen LogP contribution in [0.1, 0.15) is 26.7 Å². The fourth-order valence-electron chi connectivity index (χ4n) is 1.91. The Balaban J connectivity index is 2.42. The minimum absolute atomic E-state index is 0.375. The van der Waals surface area contributed by atoms with Crippen LogP contribution in [0.4, 0.5) is 4.79 Å². The van der Waals surface area contributed by atoms with Gasteiger partial charge in [0.15, 0.2) is 0 Å². The molecule has 1 aliphatic heterocycles. The van der Waals surface area contributed by atoms with Crippen molar-refractivity contribution in [3.63, 3.8) is 0 Å². The van der Waals surface area contributed by atoms with E-state index in [9.17, 15) is 14.7 Å². The molecule has 0 radical (unpaired) electrons. The molecule has 5 nitrogen and oxygen atoms in total. The van der Waals surface area contributed by atoms with Crippen molar-refractivity contribution in [2.45, 2.75) is 37.5 Å². The Labute approximate surface area is 122 Å². The van der Waals surface area contributed by atoms with Crippen molar-refractivity contribution in [3.05, 3.63) is 0 Å². The van der Waals surface area contributed by atoms with Crippen LogP contribution in [0, 0.1) is 0 Å². The minimum atomic E-state index is -1.15. The van der Waals surface area contributed by atoms with Crippen LogP contribution in [0.2, 0.25) is 0 Å². The predicted octanol–water partition coefficient (Wildman–Crippen LogP) is 1.78. The topological polar surface area (TPSA) is 78.4 Å². The highest BCUT2D eigenvalue weighted by molar-refractivity contribution is 8.06. The zero-order valence-electron chi connectivity index (χ0n) is 11.4. The number of rotatable bonds is 6. The Morgan fingerprint density at radius 3 is 2.47 bits per heavy atom. The van der Waals surface area contributed by atoms with Crippen LogP contribution < -0.4 is 10.6 Å². The first-order valence-corrected chi connectivity index (χ1v) is 8.73. The summed E-state index contributed by atoms with van der Waals surface area (Å²) in [5.41, 5.74) is -1.15. The molecule has 1 fully saturated rings. The molecular weight excluding hydrogens is 284 g/mol. The van der Waals surface area contributed by atoms with Crippen molar-refractivity contribution >= 4 is 35.5 Å². The van der Waals surface area contributed by atoms with Crippen molar-refractivity contribution < 1.29 is 14.7 Å². The summed E-state index contributed by atoms with van der Waals surface area (Å²) in [6, 6.07) is -0.387. The van der Waals surface area contributed by atoms with Gasteiger partial charge in [0, 0.05) is 29.1 Å². The fraction of sp³-hybridized carbons (Fsp3) is 0.833. The maximum absolute atomic E-state index is 11.8. The molecule has 1 unspecified atom stereocenters. The second-order valence-electron chi connectivity index (χ2n) is 4.50. The van der Waals surface area contributed by atoms with Gasteiger partial charge in [0.1, 0.15) is 5.54 Å². The Bertz CT molecular complexity index is 316. The van der Waals surface area contributed by atoms with E-state index in [4.69, 9.17) is 0 Å². The van der Waals surface area contributed by atoms with Crippen LogP contribution in [-0.4, -0.2) is 51.7 Å². The van der Waals surface area contributed by atoms with Crippen LogP contribution >= 0.6 is 23.5 Å². The summed E-state index contributed by atoms with van der Waals surface area (Å²) < 4.78 is 0. The number of amides is 2. The third-order valence-electron chi connectivity index (χ3n) is 3.34. The molecule has 0 aromatic carbocycles. The highest BCUT2D eigenvalue weighted by Gasteiger charge is 2.36. The minimum Gasteiger partial charge on any atom is -0.480 e. The second-order valence-corrected chi connectivity index (χ2v) is 7.06. The van der Waals surface area contributed by atoms with Gasteiger partial charge in [-0.15, -0.1) is 0 Å². The van der Waals surface area contributed by atoms with E-state index in [0.717, 1.165) is 11.5 Å². The molecule has 1 rings (SSSR count). The number of carbonyl (C=O) groups is 2. The van der Waals surface area contributed by atoms with Gasteiger partial charge >= 0.3 is 12.0 Å². The molecule has 0 aromatic rings. The standard InChI is InChI=1S/C12H22N2O3S2/c1-3-12(4-2,10(15)16)14-11(17)13-7-9-8-18-5-6-19-9/h9H,3-8H2,1-2H3,(H,15,16)(H2,13,14,17). The summed E-state index contributed by atoms with van der Waals surface area (Å²) in [6.45, 7) is 4.13. The molecule has 0 aliphatic carbocycles. The summed E-state index contributed by atoms with van der Waals surface area (Å²) >= 11 is 3.76. The molecule has 0 aromatic heterocycles. The maximum atomic E-state index is 11.8. The summed E-state index contributed by atoms with van der Waals surface area (Å²) in [5.74, 6) is 2.34. The Morgan fingerprint density at radius 2 is 2.00 bits per heavy atom. The molecule has 0 bridgehead atoms. The van der Waals surface area contributed by atoms with Gasteiger partial charge in [-0.3, -0.25) is 0 Å². The van der Waals surface area contributed by atoms with E-state index in [1.165, 1.54) is 5.75 Å². The molecule has 0 spiro atoms. The van der Waals surface area contributed by atoms with E-state index in [-0.39, 0.29) is 6.03 Å². The number of thioether (sulfide) groups is 2. The van der Waals surface area contributed by atoms with Gasteiger partial charge in [-0.2, -0.15) is 23.5 Å². The second kappa shape index (κ2) is 7.89. The maximum Gasteiger partial charge on any atom is 0.329 e. The van der Waals surface area contributed by atoms with Crippen molar-refractivity contribution in [3.8, 4) is 0 Å². The number of aliphatic carboxylic acids is 1. The lowest BCUT2D eigenvalue weighted by atomic mass is 9.93. The van der Waals surface area contributed by atoms with Crippen molar-refractivity contribution in [1.29, 1.82) is 0 Å². The third-order valence-corrected chi connectivity index (χ3v) is 6.19. The smallest absolute Gasteiger partial charge is 0.329 e. The average Bonchev–Trinajstić information content (AvgIpc) is 2.43. The molecule has 110 valence electrons. The number of hydrogen-bond donors (Lipinski definition) is 3. The number of carboxylic acid groups (broad SMARTS) is 1. The first kappa shape index (κ1) is 16.5. The van der Waals surface area contributed by atoms with Crippen LogP contribution in [-0.2, 0) is 4.79 Å². The Hall–Kier alpha value is -0.560. The average molecular weight is 306 g/mol. The SMILES string of the molecule is CCC(CC)(NC(=O)NCC1CSCCS1)C(=O)O. The van der Waals surface area contributed by atoms with Gasteiger partial charge < -0.3 is 15.7 Å². The normalized spacial score (nSPS) is 19.8. The molecule has 1 aliphatic rings. The van der Waals surface area contributed by atoms with E-state index >= 15 is 0 Å². The number of hydrogen-bond acceptors (Lipinski definition) is 4. The molecule has 19 heavy (non-hydrogen) atoms. The van der Waals surface area contributed by atoms with Crippen molar-refractivity contribution in [1.82, 2.24) is 10.6 Å². The van der Waals surface area contributed by atoms with Crippen LogP contribution in [0.15, 0.2) is 0 Å². The van der Waals surface area contributed by atoms with Crippen LogP contribution in [0.25, 0.3) is 0 Å². The largest absolute Gasteiger partial charge is 0.480 e. The first-order chi connectivity index (χ1) is 9.04. The summed E-state index contributed by atoms with van der Waals surface area (Å²) in [4.78, 5) is 23.1. The number of carboxylic acids is 1. The molecule has 0 saturated carbocycles. The fourth-order valence-corrected chi connectivity index (χ4v) is 4.52. The molecule has 7 heteroatoms. The van der Waals surface area contributed by atoms with Crippen molar-refractivity contribution in [2.24, 2.45) is 0 Å². The zero-order chi connectivity index (χ0) is 14.3. The number of carbonyl (C=O) groups excluding carboxylic acids is 1. The van der Waals surface area contributed by atoms with Gasteiger partial charge in [0.2, 0.25) is 0 Å². The van der Waals surface area contributed by atoms with E-state index < -0.39 is 11.5 Å². The molecule has 1 heterocycles. The molecule has 1 saturated heterocycles. The Morgan fingerprint density at radius 1 is 1.32 bits per heavy atom. The van der Waals surface area contributed by atoms with Gasteiger partial charge in [0.05, 0.1) is 0 Å². The number of urea groups is 1. The van der Waals surface area contributed by atoms with Gasteiger partial charge in [-0.05, 0) is 12.8 Å².